The first-order valence-electron chi connectivity index (χ1n) is 6.83. The van der Waals surface area contributed by atoms with E-state index in [1.54, 1.807) is 30.0 Å². The van der Waals surface area contributed by atoms with E-state index in [4.69, 9.17) is 0 Å². The molecule has 114 valence electrons. The Morgan fingerprint density at radius 3 is 2.14 bits per heavy atom. The molecule has 2 aromatic carbocycles. The van der Waals surface area contributed by atoms with E-state index in [-0.39, 0.29) is 11.8 Å². The second-order valence-electron chi connectivity index (χ2n) is 4.96. The van der Waals surface area contributed by atoms with Crippen molar-refractivity contribution in [3.05, 3.63) is 64.7 Å². The van der Waals surface area contributed by atoms with Gasteiger partial charge in [0.25, 0.3) is 11.8 Å². The van der Waals surface area contributed by atoms with Gasteiger partial charge in [-0.1, -0.05) is 17.7 Å². The molecule has 0 spiro atoms. The van der Waals surface area contributed by atoms with E-state index >= 15 is 0 Å². The number of hydrogen-bond donors (Lipinski definition) is 2. The van der Waals surface area contributed by atoms with Crippen molar-refractivity contribution in [1.82, 2.24) is 10.9 Å². The van der Waals surface area contributed by atoms with Gasteiger partial charge in [0.05, 0.1) is 0 Å². The molecule has 0 saturated carbocycles. The molecule has 0 aliphatic rings. The highest BCUT2D eigenvalue weighted by molar-refractivity contribution is 7.98. The number of amides is 2. The Hall–Kier alpha value is -2.27. The van der Waals surface area contributed by atoms with E-state index in [0.717, 1.165) is 16.0 Å². The molecule has 2 aromatic rings. The summed E-state index contributed by atoms with van der Waals surface area (Å²) in [7, 11) is 0. The van der Waals surface area contributed by atoms with E-state index in [9.17, 15) is 9.59 Å². The maximum Gasteiger partial charge on any atom is 0.269 e. The maximum absolute atomic E-state index is 12.1. The van der Waals surface area contributed by atoms with Crippen molar-refractivity contribution in [3.63, 3.8) is 0 Å². The molecule has 0 radical (unpaired) electrons. The smallest absolute Gasteiger partial charge is 0.267 e. The summed E-state index contributed by atoms with van der Waals surface area (Å²) in [6, 6.07) is 12.7. The fourth-order valence-corrected chi connectivity index (χ4v) is 2.47. The van der Waals surface area contributed by atoms with E-state index < -0.39 is 0 Å². The third-order valence-corrected chi connectivity index (χ3v) is 4.01. The molecule has 0 fully saturated rings. The van der Waals surface area contributed by atoms with Crippen molar-refractivity contribution in [2.24, 2.45) is 0 Å². The van der Waals surface area contributed by atoms with Crippen LogP contribution in [0.4, 0.5) is 0 Å². The van der Waals surface area contributed by atoms with Crippen LogP contribution < -0.4 is 10.9 Å². The summed E-state index contributed by atoms with van der Waals surface area (Å²) in [5.41, 5.74) is 7.88. The quantitative estimate of drug-likeness (QED) is 0.676. The van der Waals surface area contributed by atoms with Gasteiger partial charge in [-0.15, -0.1) is 11.8 Å². The van der Waals surface area contributed by atoms with Gasteiger partial charge < -0.3 is 0 Å². The van der Waals surface area contributed by atoms with Gasteiger partial charge in [0, 0.05) is 16.0 Å². The first kappa shape index (κ1) is 16.1. The fourth-order valence-electron chi connectivity index (χ4n) is 2.06. The summed E-state index contributed by atoms with van der Waals surface area (Å²) in [6.07, 6.45) is 1.97. The molecule has 0 aliphatic carbocycles. The number of rotatable bonds is 3. The molecule has 2 N–H and O–H groups in total. The first-order chi connectivity index (χ1) is 10.5. The number of thioether (sulfide) groups is 1. The van der Waals surface area contributed by atoms with Crippen molar-refractivity contribution in [3.8, 4) is 0 Å². The zero-order valence-electron chi connectivity index (χ0n) is 12.8. The Balaban J connectivity index is 1.99. The topological polar surface area (TPSA) is 58.2 Å². The van der Waals surface area contributed by atoms with Gasteiger partial charge in [0.1, 0.15) is 0 Å². The molecule has 0 bridgehead atoms. The van der Waals surface area contributed by atoms with Crippen LogP contribution in [0.5, 0.6) is 0 Å². The van der Waals surface area contributed by atoms with Crippen molar-refractivity contribution < 1.29 is 9.59 Å². The van der Waals surface area contributed by atoms with Crippen LogP contribution >= 0.6 is 11.8 Å². The fraction of sp³-hybridized carbons (Fsp3) is 0.176. The molecule has 22 heavy (non-hydrogen) atoms. The number of aryl methyl sites for hydroxylation is 2. The lowest BCUT2D eigenvalue weighted by Crippen LogP contribution is -2.41. The molecule has 0 atom stereocenters. The Bertz CT molecular complexity index is 696. The molecule has 5 heteroatoms. The Labute approximate surface area is 134 Å². The van der Waals surface area contributed by atoms with Gasteiger partial charge in [0.2, 0.25) is 0 Å². The summed E-state index contributed by atoms with van der Waals surface area (Å²) in [6.45, 7) is 3.83. The molecule has 4 nitrogen and oxygen atoms in total. The van der Waals surface area contributed by atoms with Crippen LogP contribution in [0.3, 0.4) is 0 Å². The van der Waals surface area contributed by atoms with Gasteiger partial charge in [-0.2, -0.15) is 0 Å². The first-order valence-corrected chi connectivity index (χ1v) is 8.05. The van der Waals surface area contributed by atoms with Crippen LogP contribution in [0, 0.1) is 13.8 Å². The largest absolute Gasteiger partial charge is 0.269 e. The normalized spacial score (nSPS) is 10.1. The van der Waals surface area contributed by atoms with E-state index in [0.29, 0.717) is 11.1 Å². The second kappa shape index (κ2) is 7.13. The highest BCUT2D eigenvalue weighted by Gasteiger charge is 2.11. The molecule has 2 rings (SSSR count). The number of benzene rings is 2. The molecule has 0 saturated heterocycles. The number of hydrazine groups is 1. The minimum Gasteiger partial charge on any atom is -0.267 e. The van der Waals surface area contributed by atoms with Crippen molar-refractivity contribution in [2.45, 2.75) is 18.7 Å². The Morgan fingerprint density at radius 1 is 0.909 bits per heavy atom. The predicted molar refractivity (Wildman–Crippen MR) is 89.1 cm³/mol. The SMILES string of the molecule is CSc1ccc(C(=O)NNC(=O)c2ccc(C)cc2C)cc1. The minimum absolute atomic E-state index is 0.327. The van der Waals surface area contributed by atoms with E-state index in [1.165, 1.54) is 0 Å². The molecule has 0 unspecified atom stereocenters. The number of carbonyl (C=O) groups is 2. The van der Waals surface area contributed by atoms with Crippen molar-refractivity contribution in [2.75, 3.05) is 6.26 Å². The van der Waals surface area contributed by atoms with Crippen LogP contribution in [-0.2, 0) is 0 Å². The lowest BCUT2D eigenvalue weighted by atomic mass is 10.1. The summed E-state index contributed by atoms with van der Waals surface area (Å²) >= 11 is 1.61. The van der Waals surface area contributed by atoms with E-state index in [2.05, 4.69) is 10.9 Å². The molecule has 0 heterocycles. The van der Waals surface area contributed by atoms with Crippen molar-refractivity contribution in [1.29, 1.82) is 0 Å². The van der Waals surface area contributed by atoms with Crippen LogP contribution in [0.2, 0.25) is 0 Å². The minimum atomic E-state index is -0.342. The maximum atomic E-state index is 12.1. The molecule has 0 aliphatic heterocycles. The lowest BCUT2D eigenvalue weighted by Gasteiger charge is -2.10. The zero-order chi connectivity index (χ0) is 16.1. The molecule has 0 aromatic heterocycles. The number of hydrogen-bond acceptors (Lipinski definition) is 3. The molecule has 2 amide bonds. The Kier molecular flexibility index (Phi) is 5.22. The monoisotopic (exact) mass is 314 g/mol. The van der Waals surface area contributed by atoms with Gasteiger partial charge in [-0.25, -0.2) is 0 Å². The highest BCUT2D eigenvalue weighted by atomic mass is 32.2. The van der Waals surface area contributed by atoms with Crippen LogP contribution in [0.1, 0.15) is 31.8 Å². The standard InChI is InChI=1S/C17H18N2O2S/c1-11-4-9-15(12(2)10-11)17(21)19-18-16(20)13-5-7-14(22-3)8-6-13/h4-10H,1-3H3,(H,18,20)(H,19,21). The average molecular weight is 314 g/mol. The van der Waals surface area contributed by atoms with Crippen LogP contribution in [-0.4, -0.2) is 18.1 Å². The van der Waals surface area contributed by atoms with Gasteiger partial charge in [0.15, 0.2) is 0 Å². The second-order valence-corrected chi connectivity index (χ2v) is 5.83. The summed E-state index contributed by atoms with van der Waals surface area (Å²) < 4.78 is 0. The predicted octanol–water partition coefficient (Wildman–Crippen LogP) is 3.10. The van der Waals surface area contributed by atoms with Gasteiger partial charge in [-0.3, -0.25) is 20.4 Å². The van der Waals surface area contributed by atoms with Crippen molar-refractivity contribution >= 4 is 23.6 Å². The summed E-state index contributed by atoms with van der Waals surface area (Å²) in [4.78, 5) is 25.1. The van der Waals surface area contributed by atoms with Crippen LogP contribution in [0.25, 0.3) is 0 Å². The third-order valence-electron chi connectivity index (χ3n) is 3.27. The van der Waals surface area contributed by atoms with E-state index in [1.807, 2.05) is 44.4 Å². The third kappa shape index (κ3) is 3.89. The Morgan fingerprint density at radius 2 is 1.55 bits per heavy atom. The van der Waals surface area contributed by atoms with Gasteiger partial charge in [-0.05, 0) is 56.0 Å². The van der Waals surface area contributed by atoms with Crippen LogP contribution in [0.15, 0.2) is 47.4 Å². The molecular formula is C17H18N2O2S. The zero-order valence-corrected chi connectivity index (χ0v) is 13.6. The molecular weight excluding hydrogens is 296 g/mol. The lowest BCUT2D eigenvalue weighted by molar-refractivity contribution is 0.0846. The summed E-state index contributed by atoms with van der Waals surface area (Å²) in [5, 5.41) is 0. The number of nitrogens with one attached hydrogen (secondary N) is 2. The summed E-state index contributed by atoms with van der Waals surface area (Å²) in [5.74, 6) is -0.669. The average Bonchev–Trinajstić information content (AvgIpc) is 2.52. The number of carbonyl (C=O) groups excluding carboxylic acids is 2. The van der Waals surface area contributed by atoms with Gasteiger partial charge >= 0.3 is 0 Å². The highest BCUT2D eigenvalue weighted by Crippen LogP contribution is 2.14.